The van der Waals surface area contributed by atoms with Crippen molar-refractivity contribution in [2.75, 3.05) is 7.11 Å². The van der Waals surface area contributed by atoms with E-state index in [0.29, 0.717) is 12.1 Å². The van der Waals surface area contributed by atoms with E-state index in [9.17, 15) is 22.4 Å². The van der Waals surface area contributed by atoms with Crippen LogP contribution in [0.4, 0.5) is 17.6 Å². The summed E-state index contributed by atoms with van der Waals surface area (Å²) in [7, 11) is 0.997. The molecule has 4 nitrogen and oxygen atoms in total. The first-order valence-electron chi connectivity index (χ1n) is 6.10. The standard InChI is InChI=1S/C14H7Cl2F4NO3/c1-24-10-2-5(7(15)3-6(10)14(18,19)20)11-9(17)4-8(16)12(21-11)13(22)23/h2-4H,1H3,(H,22,23). The van der Waals surface area contributed by atoms with Crippen LogP contribution in [0.2, 0.25) is 10.0 Å². The number of carboxylic acids is 1. The second-order valence-electron chi connectivity index (χ2n) is 4.48. The van der Waals surface area contributed by atoms with Crippen molar-refractivity contribution in [3.05, 3.63) is 45.3 Å². The molecule has 0 aliphatic rings. The summed E-state index contributed by atoms with van der Waals surface area (Å²) in [6, 6.07) is 2.07. The lowest BCUT2D eigenvalue weighted by atomic mass is 10.1. The van der Waals surface area contributed by atoms with Crippen molar-refractivity contribution in [1.82, 2.24) is 4.98 Å². The Kier molecular flexibility index (Phi) is 4.91. The number of methoxy groups -OCH3 is 1. The maximum Gasteiger partial charge on any atom is 0.420 e. The fourth-order valence-electron chi connectivity index (χ4n) is 1.93. The molecule has 1 aromatic carbocycles. The molecule has 0 radical (unpaired) electrons. The van der Waals surface area contributed by atoms with E-state index in [4.69, 9.17) is 28.3 Å². The van der Waals surface area contributed by atoms with Gasteiger partial charge in [0.2, 0.25) is 0 Å². The summed E-state index contributed by atoms with van der Waals surface area (Å²) in [4.78, 5) is 14.6. The fraction of sp³-hybridized carbons (Fsp3) is 0.143. The lowest BCUT2D eigenvalue weighted by molar-refractivity contribution is -0.138. The zero-order valence-electron chi connectivity index (χ0n) is 11.7. The SMILES string of the molecule is COc1cc(-c2nc(C(=O)O)c(Cl)cc2F)c(Cl)cc1C(F)(F)F. The van der Waals surface area contributed by atoms with E-state index >= 15 is 0 Å². The zero-order chi connectivity index (χ0) is 18.2. The monoisotopic (exact) mass is 383 g/mol. The molecule has 0 bridgehead atoms. The molecule has 0 aliphatic heterocycles. The topological polar surface area (TPSA) is 59.4 Å². The molecule has 128 valence electrons. The zero-order valence-corrected chi connectivity index (χ0v) is 13.2. The average Bonchev–Trinajstić information content (AvgIpc) is 2.46. The van der Waals surface area contributed by atoms with Gasteiger partial charge in [0.25, 0.3) is 0 Å². The minimum Gasteiger partial charge on any atom is -0.496 e. The van der Waals surface area contributed by atoms with Crippen molar-refractivity contribution in [3.8, 4) is 17.0 Å². The van der Waals surface area contributed by atoms with Crippen LogP contribution in [0.3, 0.4) is 0 Å². The molecule has 24 heavy (non-hydrogen) atoms. The number of hydrogen-bond donors (Lipinski definition) is 1. The lowest BCUT2D eigenvalue weighted by Crippen LogP contribution is -2.09. The molecular formula is C14H7Cl2F4NO3. The molecule has 0 fully saturated rings. The molecule has 1 heterocycles. The Morgan fingerprint density at radius 3 is 2.33 bits per heavy atom. The number of aromatic nitrogens is 1. The number of alkyl halides is 3. The van der Waals surface area contributed by atoms with Gasteiger partial charge in [-0.15, -0.1) is 0 Å². The van der Waals surface area contributed by atoms with Gasteiger partial charge in [0.1, 0.15) is 11.4 Å². The van der Waals surface area contributed by atoms with Crippen molar-refractivity contribution in [2.45, 2.75) is 6.18 Å². The summed E-state index contributed by atoms with van der Waals surface area (Å²) in [6.45, 7) is 0. The number of ether oxygens (including phenoxy) is 1. The van der Waals surface area contributed by atoms with Crippen molar-refractivity contribution in [1.29, 1.82) is 0 Å². The molecular weight excluding hydrogens is 377 g/mol. The van der Waals surface area contributed by atoms with E-state index in [0.717, 1.165) is 13.2 Å². The third-order valence-electron chi connectivity index (χ3n) is 2.98. The van der Waals surface area contributed by atoms with E-state index in [-0.39, 0.29) is 5.56 Å². The highest BCUT2D eigenvalue weighted by molar-refractivity contribution is 6.34. The Morgan fingerprint density at radius 1 is 1.21 bits per heavy atom. The number of rotatable bonds is 3. The molecule has 1 aromatic heterocycles. The molecule has 0 saturated carbocycles. The summed E-state index contributed by atoms with van der Waals surface area (Å²) in [5, 5.41) is 8.03. The van der Waals surface area contributed by atoms with E-state index in [1.165, 1.54) is 0 Å². The second-order valence-corrected chi connectivity index (χ2v) is 5.30. The van der Waals surface area contributed by atoms with Gasteiger partial charge in [0, 0.05) is 5.56 Å². The predicted molar refractivity (Wildman–Crippen MR) is 78.2 cm³/mol. The molecule has 1 N–H and O–H groups in total. The minimum absolute atomic E-state index is 0.266. The van der Waals surface area contributed by atoms with Gasteiger partial charge in [-0.25, -0.2) is 14.2 Å². The average molecular weight is 384 g/mol. The van der Waals surface area contributed by atoms with Crippen molar-refractivity contribution >= 4 is 29.2 Å². The number of aromatic carboxylic acids is 1. The van der Waals surface area contributed by atoms with Crippen LogP contribution >= 0.6 is 23.2 Å². The molecule has 0 atom stereocenters. The number of benzene rings is 1. The van der Waals surface area contributed by atoms with Gasteiger partial charge in [-0.05, 0) is 18.2 Å². The van der Waals surface area contributed by atoms with Gasteiger partial charge in [0.15, 0.2) is 11.5 Å². The van der Waals surface area contributed by atoms with E-state index < -0.39 is 50.7 Å². The van der Waals surface area contributed by atoms with E-state index in [1.807, 2.05) is 0 Å². The number of pyridine rings is 1. The Balaban J connectivity index is 2.74. The maximum absolute atomic E-state index is 14.1. The Labute approximate surface area is 142 Å². The van der Waals surface area contributed by atoms with Crippen LogP contribution in [0.15, 0.2) is 18.2 Å². The Bertz CT molecular complexity index is 825. The number of nitrogens with zero attached hydrogens (tertiary/aromatic N) is 1. The van der Waals surface area contributed by atoms with Gasteiger partial charge in [-0.1, -0.05) is 23.2 Å². The third-order valence-corrected chi connectivity index (χ3v) is 3.58. The highest BCUT2D eigenvalue weighted by Gasteiger charge is 2.35. The van der Waals surface area contributed by atoms with Crippen molar-refractivity contribution in [2.24, 2.45) is 0 Å². The third kappa shape index (κ3) is 3.39. The number of halogens is 6. The van der Waals surface area contributed by atoms with E-state index in [2.05, 4.69) is 9.72 Å². The fourth-order valence-corrected chi connectivity index (χ4v) is 2.40. The predicted octanol–water partition coefficient (Wildman–Crippen LogP) is 4.92. The molecule has 10 heteroatoms. The van der Waals surface area contributed by atoms with Gasteiger partial charge in [0.05, 0.1) is 22.7 Å². The molecule has 2 aromatic rings. The van der Waals surface area contributed by atoms with Crippen LogP contribution in [-0.4, -0.2) is 23.2 Å². The van der Waals surface area contributed by atoms with Crippen LogP contribution in [0.25, 0.3) is 11.3 Å². The number of hydrogen-bond acceptors (Lipinski definition) is 3. The first-order chi connectivity index (χ1) is 11.1. The molecule has 0 aliphatic carbocycles. The van der Waals surface area contributed by atoms with Gasteiger partial charge < -0.3 is 9.84 Å². The highest BCUT2D eigenvalue weighted by Crippen LogP contribution is 2.42. The normalized spacial score (nSPS) is 11.5. The smallest absolute Gasteiger partial charge is 0.420 e. The minimum atomic E-state index is -4.74. The summed E-state index contributed by atoms with van der Waals surface area (Å²) in [5.74, 6) is -3.19. The van der Waals surface area contributed by atoms with Crippen LogP contribution < -0.4 is 4.74 Å². The molecule has 0 spiro atoms. The first kappa shape index (κ1) is 18.3. The molecule has 2 rings (SSSR count). The number of carbonyl (C=O) groups is 1. The highest BCUT2D eigenvalue weighted by atomic mass is 35.5. The molecule has 0 amide bonds. The van der Waals surface area contributed by atoms with Crippen LogP contribution in [0.5, 0.6) is 5.75 Å². The van der Waals surface area contributed by atoms with Crippen LogP contribution in [-0.2, 0) is 6.18 Å². The van der Waals surface area contributed by atoms with Crippen molar-refractivity contribution < 1.29 is 32.2 Å². The van der Waals surface area contributed by atoms with Crippen LogP contribution in [0.1, 0.15) is 16.1 Å². The van der Waals surface area contributed by atoms with E-state index in [1.54, 1.807) is 0 Å². The maximum atomic E-state index is 14.1. The van der Waals surface area contributed by atoms with Gasteiger partial charge in [-0.3, -0.25) is 0 Å². The quantitative estimate of drug-likeness (QED) is 0.764. The largest absolute Gasteiger partial charge is 0.496 e. The van der Waals surface area contributed by atoms with Gasteiger partial charge >= 0.3 is 12.1 Å². The van der Waals surface area contributed by atoms with Crippen molar-refractivity contribution in [3.63, 3.8) is 0 Å². The molecule has 0 saturated heterocycles. The summed E-state index contributed by atoms with van der Waals surface area (Å²) < 4.78 is 57.5. The second kappa shape index (κ2) is 6.45. The first-order valence-corrected chi connectivity index (χ1v) is 6.86. The summed E-state index contributed by atoms with van der Waals surface area (Å²) in [6.07, 6.45) is -4.74. The summed E-state index contributed by atoms with van der Waals surface area (Å²) >= 11 is 11.4. The lowest BCUT2D eigenvalue weighted by Gasteiger charge is -2.15. The summed E-state index contributed by atoms with van der Waals surface area (Å²) in [5.41, 5.74) is -2.65. The molecule has 0 unspecified atom stereocenters. The number of carboxylic acid groups (broad SMARTS) is 1. The van der Waals surface area contributed by atoms with Gasteiger partial charge in [-0.2, -0.15) is 13.2 Å². The Morgan fingerprint density at radius 2 is 1.83 bits per heavy atom. The van der Waals surface area contributed by atoms with Crippen LogP contribution in [0, 0.1) is 5.82 Å². The Hall–Kier alpha value is -2.06.